The standard InChI is InChI=1S/C12H14IN3S/c13-10-6-2-1-3-4(6)9-8(10)5(2)7(3)11(9)15-16-12(14)17/h2-10H,1H2,(H3,14,16,17)/b15-11+/t2-,3+,4+,5+,6-,7-,8-,9+,10+/m0/s1. The van der Waals surface area contributed by atoms with E-state index < -0.39 is 0 Å². The number of alkyl halides is 1. The smallest absolute Gasteiger partial charge is 0.184 e. The summed E-state index contributed by atoms with van der Waals surface area (Å²) in [6, 6.07) is 0. The summed E-state index contributed by atoms with van der Waals surface area (Å²) in [5.74, 6) is 7.46. The minimum Gasteiger partial charge on any atom is -0.375 e. The summed E-state index contributed by atoms with van der Waals surface area (Å²) in [6.07, 6.45) is 1.49. The molecule has 0 aromatic rings. The zero-order valence-corrected chi connectivity index (χ0v) is 12.2. The Kier molecular flexibility index (Phi) is 1.65. The van der Waals surface area contributed by atoms with Crippen LogP contribution in [0.2, 0.25) is 0 Å². The third kappa shape index (κ3) is 0.856. The first-order valence-corrected chi connectivity index (χ1v) is 8.12. The minimum atomic E-state index is 0.307. The fourth-order valence-corrected chi connectivity index (χ4v) is 8.48. The van der Waals surface area contributed by atoms with Crippen molar-refractivity contribution < 1.29 is 0 Å². The van der Waals surface area contributed by atoms with Gasteiger partial charge in [-0.1, -0.05) is 22.6 Å². The van der Waals surface area contributed by atoms with E-state index in [4.69, 9.17) is 18.0 Å². The Labute approximate surface area is 119 Å². The molecule has 6 fully saturated rings. The van der Waals surface area contributed by atoms with E-state index in [-0.39, 0.29) is 0 Å². The summed E-state index contributed by atoms with van der Waals surface area (Å²) >= 11 is 7.59. The average molecular weight is 359 g/mol. The third-order valence-electron chi connectivity index (χ3n) is 6.34. The molecule has 3 nitrogen and oxygen atoms in total. The predicted molar refractivity (Wildman–Crippen MR) is 77.7 cm³/mol. The predicted octanol–water partition coefficient (Wildman–Crippen LogP) is 1.37. The highest BCUT2D eigenvalue weighted by Gasteiger charge is 2.82. The molecule has 6 aliphatic carbocycles. The van der Waals surface area contributed by atoms with Gasteiger partial charge in [-0.05, 0) is 54.1 Å². The van der Waals surface area contributed by atoms with Crippen molar-refractivity contribution in [1.29, 1.82) is 0 Å². The second-order valence-electron chi connectivity index (χ2n) is 6.38. The average Bonchev–Trinajstić information content (AvgIpc) is 2.97. The summed E-state index contributed by atoms with van der Waals surface area (Å²) in [4.78, 5) is 0. The van der Waals surface area contributed by atoms with Gasteiger partial charge in [0.2, 0.25) is 0 Å². The van der Waals surface area contributed by atoms with Crippen LogP contribution < -0.4 is 11.2 Å². The van der Waals surface area contributed by atoms with Gasteiger partial charge in [-0.25, -0.2) is 0 Å². The van der Waals surface area contributed by atoms with Gasteiger partial charge < -0.3 is 5.73 Å². The fraction of sp³-hybridized carbons (Fsp3) is 0.833. The van der Waals surface area contributed by atoms with Gasteiger partial charge in [0.05, 0.1) is 0 Å². The van der Waals surface area contributed by atoms with E-state index in [1.54, 1.807) is 0 Å². The maximum Gasteiger partial charge on any atom is 0.184 e. The molecule has 3 N–H and O–H groups in total. The molecule has 0 heterocycles. The molecule has 6 rings (SSSR count). The third-order valence-corrected chi connectivity index (χ3v) is 8.09. The molecule has 6 bridgehead atoms. The molecule has 5 heteroatoms. The van der Waals surface area contributed by atoms with E-state index >= 15 is 0 Å². The van der Waals surface area contributed by atoms with Crippen LogP contribution in [0, 0.1) is 47.3 Å². The molecule has 0 unspecified atom stereocenters. The number of rotatable bonds is 1. The molecule has 6 saturated carbocycles. The van der Waals surface area contributed by atoms with Crippen LogP contribution in [0.4, 0.5) is 0 Å². The summed E-state index contributed by atoms with van der Waals surface area (Å²) < 4.78 is 0.921. The Morgan fingerprint density at radius 1 is 1.24 bits per heavy atom. The van der Waals surface area contributed by atoms with Crippen molar-refractivity contribution in [3.05, 3.63) is 0 Å². The van der Waals surface area contributed by atoms with Gasteiger partial charge in [0, 0.05) is 21.5 Å². The number of hydrogen-bond donors (Lipinski definition) is 2. The molecule has 9 atom stereocenters. The van der Waals surface area contributed by atoms with Crippen molar-refractivity contribution in [2.75, 3.05) is 0 Å². The summed E-state index contributed by atoms with van der Waals surface area (Å²) in [7, 11) is 0. The summed E-state index contributed by atoms with van der Waals surface area (Å²) in [5, 5.41) is 4.88. The van der Waals surface area contributed by atoms with Crippen molar-refractivity contribution in [3.63, 3.8) is 0 Å². The number of nitrogens with one attached hydrogen (secondary N) is 1. The van der Waals surface area contributed by atoms with Crippen molar-refractivity contribution >= 4 is 45.6 Å². The molecule has 0 radical (unpaired) electrons. The SMILES string of the molecule is NC(=S)N/N=C1\[C@H]2[C@@H]3C[C@H]4[C@H]2[C@@H]2[C@H](I)[C@@H]4[C@@H]3[C@@H]12. The molecule has 0 aromatic carbocycles. The highest BCUT2D eigenvalue weighted by molar-refractivity contribution is 14.1. The van der Waals surface area contributed by atoms with Gasteiger partial charge in [0.1, 0.15) is 0 Å². The number of nitrogens with two attached hydrogens (primary N) is 1. The highest BCUT2D eigenvalue weighted by Crippen LogP contribution is 2.82. The number of hydrazone groups is 1. The molecular weight excluding hydrogens is 345 g/mol. The van der Waals surface area contributed by atoms with Crippen LogP contribution in [0.15, 0.2) is 5.10 Å². The first kappa shape index (κ1) is 9.95. The Bertz CT molecular complexity index is 476. The van der Waals surface area contributed by atoms with E-state index in [1.165, 1.54) is 12.1 Å². The van der Waals surface area contributed by atoms with Crippen molar-refractivity contribution in [2.24, 2.45) is 58.2 Å². The maximum absolute atomic E-state index is 5.50. The van der Waals surface area contributed by atoms with Gasteiger partial charge in [-0.3, -0.25) is 5.43 Å². The number of thiocarbonyl (C=S) groups is 1. The first-order valence-electron chi connectivity index (χ1n) is 6.47. The Balaban J connectivity index is 1.62. The lowest BCUT2D eigenvalue weighted by Gasteiger charge is -2.32. The zero-order chi connectivity index (χ0) is 11.5. The van der Waals surface area contributed by atoms with E-state index in [0.717, 1.165) is 51.3 Å². The topological polar surface area (TPSA) is 50.4 Å². The Hall–Kier alpha value is 0.0900. The molecule has 6 aliphatic rings. The van der Waals surface area contributed by atoms with E-state index in [9.17, 15) is 0 Å². The van der Waals surface area contributed by atoms with Crippen LogP contribution in [0.3, 0.4) is 0 Å². The normalized spacial score (nSPS) is 65.7. The second-order valence-corrected chi connectivity index (χ2v) is 8.26. The van der Waals surface area contributed by atoms with Crippen LogP contribution in [0.5, 0.6) is 0 Å². The lowest BCUT2D eigenvalue weighted by Crippen LogP contribution is -2.30. The van der Waals surface area contributed by atoms with E-state index in [1.807, 2.05) is 0 Å². The largest absolute Gasteiger partial charge is 0.375 e. The van der Waals surface area contributed by atoms with E-state index in [2.05, 4.69) is 33.1 Å². The molecule has 17 heavy (non-hydrogen) atoms. The number of hydrogen-bond acceptors (Lipinski definition) is 2. The van der Waals surface area contributed by atoms with Gasteiger partial charge in [0.25, 0.3) is 0 Å². The monoisotopic (exact) mass is 359 g/mol. The summed E-state index contributed by atoms with van der Waals surface area (Å²) in [5.41, 5.74) is 9.78. The summed E-state index contributed by atoms with van der Waals surface area (Å²) in [6.45, 7) is 0. The fourth-order valence-electron chi connectivity index (χ4n) is 6.49. The van der Waals surface area contributed by atoms with Crippen molar-refractivity contribution in [1.82, 2.24) is 5.43 Å². The molecule has 0 aliphatic heterocycles. The van der Waals surface area contributed by atoms with Gasteiger partial charge in [-0.15, -0.1) is 0 Å². The lowest BCUT2D eigenvalue weighted by molar-refractivity contribution is 0.132. The first-order chi connectivity index (χ1) is 8.20. The van der Waals surface area contributed by atoms with Crippen LogP contribution in [0.25, 0.3) is 0 Å². The minimum absolute atomic E-state index is 0.307. The zero-order valence-electron chi connectivity index (χ0n) is 9.21. The number of nitrogens with zero attached hydrogens (tertiary/aromatic N) is 1. The second kappa shape index (κ2) is 2.81. The Morgan fingerprint density at radius 2 is 2.00 bits per heavy atom. The van der Waals surface area contributed by atoms with Crippen LogP contribution in [-0.2, 0) is 0 Å². The van der Waals surface area contributed by atoms with Crippen molar-refractivity contribution in [3.8, 4) is 0 Å². The highest BCUT2D eigenvalue weighted by atomic mass is 127. The van der Waals surface area contributed by atoms with Gasteiger partial charge >= 0.3 is 0 Å². The molecule has 0 aromatic heterocycles. The quantitative estimate of drug-likeness (QED) is 0.322. The Morgan fingerprint density at radius 3 is 2.71 bits per heavy atom. The lowest BCUT2D eigenvalue weighted by atomic mass is 9.71. The van der Waals surface area contributed by atoms with Crippen LogP contribution >= 0.6 is 34.8 Å². The van der Waals surface area contributed by atoms with Crippen LogP contribution in [-0.4, -0.2) is 14.7 Å². The van der Waals surface area contributed by atoms with Gasteiger partial charge in [0.15, 0.2) is 5.11 Å². The molecule has 0 spiro atoms. The molecule has 0 amide bonds. The van der Waals surface area contributed by atoms with E-state index in [0.29, 0.717) is 5.11 Å². The number of halogens is 1. The van der Waals surface area contributed by atoms with Gasteiger partial charge in [-0.2, -0.15) is 5.10 Å². The molecule has 90 valence electrons. The molecular formula is C12H14IN3S. The van der Waals surface area contributed by atoms with Crippen LogP contribution in [0.1, 0.15) is 6.42 Å². The maximum atomic E-state index is 5.50. The van der Waals surface area contributed by atoms with Crippen molar-refractivity contribution in [2.45, 2.75) is 10.3 Å². The molecule has 0 saturated heterocycles.